The van der Waals surface area contributed by atoms with Gasteiger partial charge in [-0.1, -0.05) is 18.2 Å². The van der Waals surface area contributed by atoms with Crippen LogP contribution in [0.25, 0.3) is 10.9 Å². The van der Waals surface area contributed by atoms with Crippen LogP contribution in [0.4, 0.5) is 4.39 Å². The number of amides is 1. The van der Waals surface area contributed by atoms with Crippen LogP contribution in [0.2, 0.25) is 0 Å². The maximum atomic E-state index is 13.1. The average molecular weight is 415 g/mol. The number of nitrogens with zero attached hydrogens (tertiary/aromatic N) is 1. The zero-order valence-electron chi connectivity index (χ0n) is 15.8. The predicted molar refractivity (Wildman–Crippen MR) is 108 cm³/mol. The quantitative estimate of drug-likeness (QED) is 0.648. The number of carbonyl (C=O) groups excluding carboxylic acids is 1. The van der Waals surface area contributed by atoms with Crippen molar-refractivity contribution in [2.75, 3.05) is 0 Å². The Kier molecular flexibility index (Phi) is 5.14. The van der Waals surface area contributed by atoms with Gasteiger partial charge in [0.25, 0.3) is 0 Å². The van der Waals surface area contributed by atoms with E-state index in [1.54, 1.807) is 0 Å². The van der Waals surface area contributed by atoms with E-state index in [1.165, 1.54) is 12.1 Å². The van der Waals surface area contributed by atoms with Gasteiger partial charge in [0.15, 0.2) is 0 Å². The van der Waals surface area contributed by atoms with E-state index >= 15 is 0 Å². The number of primary amides is 1. The summed E-state index contributed by atoms with van der Waals surface area (Å²) in [5, 5.41) is 1.07. The molecule has 0 bridgehead atoms. The Balaban J connectivity index is 1.62. The van der Waals surface area contributed by atoms with Crippen molar-refractivity contribution in [3.63, 3.8) is 0 Å². The van der Waals surface area contributed by atoms with E-state index in [1.807, 2.05) is 24.3 Å². The molecule has 1 aliphatic carbocycles. The number of rotatable bonds is 6. The molecule has 4 rings (SSSR count). The molecule has 1 heterocycles. The molecule has 29 heavy (non-hydrogen) atoms. The van der Waals surface area contributed by atoms with Crippen molar-refractivity contribution in [2.45, 2.75) is 43.2 Å². The zero-order chi connectivity index (χ0) is 20.6. The maximum Gasteiger partial charge on any atom is 0.240 e. The zero-order valence-corrected chi connectivity index (χ0v) is 16.6. The van der Waals surface area contributed by atoms with Gasteiger partial charge in [-0.05, 0) is 55.2 Å². The summed E-state index contributed by atoms with van der Waals surface area (Å²) in [5.41, 5.74) is 8.59. The van der Waals surface area contributed by atoms with E-state index in [9.17, 15) is 17.6 Å². The SMILES string of the molecule is NC(=O)CCn1c2c(c3ccccc31)CC(NS(=O)(=O)c1ccc(F)cc1)CC2. The van der Waals surface area contributed by atoms with Crippen LogP contribution in [0.1, 0.15) is 24.1 Å². The third-order valence-electron chi connectivity index (χ3n) is 5.40. The van der Waals surface area contributed by atoms with Gasteiger partial charge < -0.3 is 10.3 Å². The van der Waals surface area contributed by atoms with Gasteiger partial charge >= 0.3 is 0 Å². The molecule has 1 amide bonds. The minimum Gasteiger partial charge on any atom is -0.370 e. The van der Waals surface area contributed by atoms with Crippen molar-refractivity contribution in [1.82, 2.24) is 9.29 Å². The van der Waals surface area contributed by atoms with E-state index < -0.39 is 15.8 Å². The second-order valence-corrected chi connectivity index (χ2v) is 9.04. The van der Waals surface area contributed by atoms with Gasteiger partial charge in [-0.25, -0.2) is 17.5 Å². The van der Waals surface area contributed by atoms with Crippen molar-refractivity contribution in [1.29, 1.82) is 0 Å². The number of fused-ring (bicyclic) bond motifs is 3. The number of nitrogens with one attached hydrogen (secondary N) is 1. The van der Waals surface area contributed by atoms with Crippen LogP contribution in [0.5, 0.6) is 0 Å². The topological polar surface area (TPSA) is 94.2 Å². The number of halogens is 1. The largest absolute Gasteiger partial charge is 0.370 e. The molecule has 1 atom stereocenters. The highest BCUT2D eigenvalue weighted by Crippen LogP contribution is 2.33. The molecule has 1 aliphatic rings. The monoisotopic (exact) mass is 415 g/mol. The van der Waals surface area contributed by atoms with E-state index in [-0.39, 0.29) is 23.3 Å². The molecule has 3 aromatic rings. The highest BCUT2D eigenvalue weighted by Gasteiger charge is 2.28. The molecule has 3 N–H and O–H groups in total. The molecule has 1 unspecified atom stereocenters. The highest BCUT2D eigenvalue weighted by molar-refractivity contribution is 7.89. The van der Waals surface area contributed by atoms with E-state index in [2.05, 4.69) is 9.29 Å². The number of nitrogens with two attached hydrogens (primary N) is 1. The van der Waals surface area contributed by atoms with Crippen molar-refractivity contribution in [2.24, 2.45) is 5.73 Å². The van der Waals surface area contributed by atoms with Crippen LogP contribution in [0, 0.1) is 5.82 Å². The van der Waals surface area contributed by atoms with Crippen LogP contribution in [0.3, 0.4) is 0 Å². The number of sulfonamides is 1. The third kappa shape index (κ3) is 3.90. The smallest absolute Gasteiger partial charge is 0.240 e. The molecule has 8 heteroatoms. The summed E-state index contributed by atoms with van der Waals surface area (Å²) in [6.07, 6.45) is 2.14. The first kappa shape index (κ1) is 19.6. The van der Waals surface area contributed by atoms with Gasteiger partial charge in [0.2, 0.25) is 15.9 Å². The Morgan fingerprint density at radius 3 is 2.62 bits per heavy atom. The standard InChI is InChI=1S/C21H22FN3O3S/c22-14-5-8-16(9-6-14)29(27,28)24-15-7-10-20-18(13-15)17-3-1-2-4-19(17)25(20)12-11-21(23)26/h1-6,8-9,15,24H,7,10-13H2,(H2,23,26). The van der Waals surface area contributed by atoms with Gasteiger partial charge in [0.1, 0.15) is 5.82 Å². The Labute approximate surface area is 168 Å². The van der Waals surface area contributed by atoms with Crippen LogP contribution in [0.15, 0.2) is 53.4 Å². The van der Waals surface area contributed by atoms with Crippen molar-refractivity contribution in [3.05, 3.63) is 65.6 Å². The molecule has 2 aromatic carbocycles. The Morgan fingerprint density at radius 2 is 1.90 bits per heavy atom. The lowest BCUT2D eigenvalue weighted by Gasteiger charge is -2.25. The van der Waals surface area contributed by atoms with Crippen LogP contribution in [-0.2, 0) is 34.2 Å². The van der Waals surface area contributed by atoms with Crippen LogP contribution in [-0.4, -0.2) is 24.9 Å². The summed E-state index contributed by atoms with van der Waals surface area (Å²) >= 11 is 0. The molecule has 0 fully saturated rings. The van der Waals surface area contributed by atoms with Crippen molar-refractivity contribution < 1.29 is 17.6 Å². The van der Waals surface area contributed by atoms with Crippen molar-refractivity contribution >= 4 is 26.8 Å². The van der Waals surface area contributed by atoms with E-state index in [4.69, 9.17) is 5.73 Å². The second kappa shape index (κ2) is 7.61. The summed E-state index contributed by atoms with van der Waals surface area (Å²) in [4.78, 5) is 11.3. The normalized spacial score (nSPS) is 16.7. The van der Waals surface area contributed by atoms with Crippen molar-refractivity contribution in [3.8, 4) is 0 Å². The lowest BCUT2D eigenvalue weighted by Crippen LogP contribution is -2.39. The minimum absolute atomic E-state index is 0.0496. The molecule has 0 radical (unpaired) electrons. The fourth-order valence-electron chi connectivity index (χ4n) is 4.08. The molecule has 0 spiro atoms. The summed E-state index contributed by atoms with van der Waals surface area (Å²) in [7, 11) is -3.73. The lowest BCUT2D eigenvalue weighted by molar-refractivity contribution is -0.118. The lowest BCUT2D eigenvalue weighted by atomic mass is 9.92. The summed E-state index contributed by atoms with van der Waals surface area (Å²) in [6.45, 7) is 0.511. The van der Waals surface area contributed by atoms with Gasteiger partial charge in [-0.3, -0.25) is 4.79 Å². The minimum atomic E-state index is -3.73. The number of aryl methyl sites for hydroxylation is 1. The van der Waals surface area contributed by atoms with Crippen LogP contribution >= 0.6 is 0 Å². The number of hydrogen-bond donors (Lipinski definition) is 2. The molecule has 0 saturated carbocycles. The number of benzene rings is 2. The number of aromatic nitrogens is 1. The summed E-state index contributed by atoms with van der Waals surface area (Å²) in [6, 6.07) is 12.5. The number of para-hydroxylation sites is 1. The van der Waals surface area contributed by atoms with Gasteiger partial charge in [0, 0.05) is 35.6 Å². The van der Waals surface area contributed by atoms with Crippen LogP contribution < -0.4 is 10.5 Å². The predicted octanol–water partition coefficient (Wildman–Crippen LogP) is 2.49. The molecule has 0 aliphatic heterocycles. The summed E-state index contributed by atoms with van der Waals surface area (Å²) in [5.74, 6) is -0.827. The molecular weight excluding hydrogens is 393 g/mol. The fraction of sp³-hybridized carbons (Fsp3) is 0.286. The first-order valence-corrected chi connectivity index (χ1v) is 11.0. The summed E-state index contributed by atoms with van der Waals surface area (Å²) < 4.78 is 43.4. The average Bonchev–Trinajstić information content (AvgIpc) is 2.99. The molecular formula is C21H22FN3O3S. The molecule has 1 aromatic heterocycles. The molecule has 0 saturated heterocycles. The molecule has 6 nitrogen and oxygen atoms in total. The maximum absolute atomic E-state index is 13.1. The Hall–Kier alpha value is -2.71. The third-order valence-corrected chi connectivity index (χ3v) is 6.94. The Bertz CT molecular complexity index is 1170. The number of carbonyl (C=O) groups is 1. The van der Waals surface area contributed by atoms with E-state index in [0.29, 0.717) is 25.8 Å². The Morgan fingerprint density at radius 1 is 1.17 bits per heavy atom. The first-order valence-electron chi connectivity index (χ1n) is 9.50. The van der Waals surface area contributed by atoms with Gasteiger partial charge in [-0.15, -0.1) is 0 Å². The van der Waals surface area contributed by atoms with E-state index in [0.717, 1.165) is 34.3 Å². The van der Waals surface area contributed by atoms with Gasteiger partial charge in [-0.2, -0.15) is 0 Å². The highest BCUT2D eigenvalue weighted by atomic mass is 32.2. The molecule has 152 valence electrons. The van der Waals surface area contributed by atoms with Gasteiger partial charge in [0.05, 0.1) is 4.90 Å². The number of hydrogen-bond acceptors (Lipinski definition) is 3. The second-order valence-electron chi connectivity index (χ2n) is 7.33. The first-order chi connectivity index (χ1) is 13.8. The fourth-order valence-corrected chi connectivity index (χ4v) is 5.35.